The lowest BCUT2D eigenvalue weighted by atomic mass is 9.87. The Kier molecular flexibility index (Phi) is 8.11. The van der Waals surface area contributed by atoms with Crippen molar-refractivity contribution >= 4 is 15.1 Å². The smallest absolute Gasteiger partial charge is 0.273 e. The molecule has 4 aromatic carbocycles. The minimum absolute atomic E-state index is 0.126. The Bertz CT molecular complexity index is 1450. The first-order valence-corrected chi connectivity index (χ1v) is 13.9. The summed E-state index contributed by atoms with van der Waals surface area (Å²) < 4.78 is 38.8. The molecule has 0 radical (unpaired) electrons. The van der Waals surface area contributed by atoms with Crippen LogP contribution in [0.2, 0.25) is 0 Å². The van der Waals surface area contributed by atoms with Gasteiger partial charge in [0.15, 0.2) is 0 Å². The van der Waals surface area contributed by atoms with Gasteiger partial charge in [0.25, 0.3) is 5.91 Å². The Labute approximate surface area is 234 Å². The molecule has 5 rings (SSSR count). The van der Waals surface area contributed by atoms with Crippen molar-refractivity contribution < 1.29 is 22.8 Å². The third-order valence-corrected chi connectivity index (χ3v) is 8.62. The number of alkyl halides is 3. The highest BCUT2D eigenvalue weighted by Gasteiger charge is 2.38. The number of rotatable bonds is 9. The van der Waals surface area contributed by atoms with Crippen LogP contribution in [0.15, 0.2) is 97.1 Å². The summed E-state index contributed by atoms with van der Waals surface area (Å²) >= 11 is 0. The van der Waals surface area contributed by atoms with Crippen molar-refractivity contribution in [1.82, 2.24) is 5.48 Å². The zero-order chi connectivity index (χ0) is 28.3. The third-order valence-electron chi connectivity index (χ3n) is 7.71. The number of nitrogens with one attached hydrogen (secondary N) is 1. The normalized spacial score (nSPS) is 14.3. The molecule has 0 saturated heterocycles. The fraction of sp³-hybridized carbons (Fsp3) is 0.242. The number of benzene rings is 4. The van der Waals surface area contributed by atoms with E-state index in [1.165, 1.54) is 34.4 Å². The van der Waals surface area contributed by atoms with Crippen molar-refractivity contribution in [3.05, 3.63) is 119 Å². The van der Waals surface area contributed by atoms with Gasteiger partial charge in [0, 0.05) is 10.7 Å². The first kappa shape index (κ1) is 28.1. The van der Waals surface area contributed by atoms with Gasteiger partial charge in [-0.3, -0.25) is 9.63 Å². The summed E-state index contributed by atoms with van der Waals surface area (Å²) in [6.45, 7) is 2.54. The lowest BCUT2D eigenvalue weighted by Crippen LogP contribution is -2.25. The Morgan fingerprint density at radius 3 is 1.98 bits per heavy atom. The standard InChI is InChI=1S/C33H31F3NO2P/c1-22(18-20-32(40)29-12-6-4-9-26(29)27-10-5-7-13-30(27)32)19-21-39-37-31(38)28-11-3-2-8-25(28)23-14-16-24(17-15-23)33(34,35)36/h2-17,22H,18-21,40H2,1H3,(H,37,38)/t22-/m1/s1. The van der Waals surface area contributed by atoms with Crippen LogP contribution in [-0.2, 0) is 16.2 Å². The summed E-state index contributed by atoms with van der Waals surface area (Å²) in [6, 6.07) is 28.7. The molecule has 1 amide bonds. The predicted octanol–water partition coefficient (Wildman–Crippen LogP) is 8.64. The van der Waals surface area contributed by atoms with E-state index in [1.54, 1.807) is 24.3 Å². The summed E-state index contributed by atoms with van der Waals surface area (Å²) in [5, 5.41) is -0.126. The largest absolute Gasteiger partial charge is 0.416 e. The van der Waals surface area contributed by atoms with Crippen LogP contribution >= 0.6 is 9.24 Å². The second-order valence-electron chi connectivity index (χ2n) is 10.4. The highest BCUT2D eigenvalue weighted by Crippen LogP contribution is 2.55. The Hall–Kier alpha value is -3.47. The van der Waals surface area contributed by atoms with Gasteiger partial charge in [-0.25, -0.2) is 5.48 Å². The number of hydrogen-bond acceptors (Lipinski definition) is 2. The van der Waals surface area contributed by atoms with Crippen LogP contribution in [0.4, 0.5) is 13.2 Å². The summed E-state index contributed by atoms with van der Waals surface area (Å²) in [7, 11) is 3.11. The third kappa shape index (κ3) is 5.70. The van der Waals surface area contributed by atoms with Gasteiger partial charge in [0.05, 0.1) is 12.2 Å². The van der Waals surface area contributed by atoms with E-state index >= 15 is 0 Å². The van der Waals surface area contributed by atoms with E-state index in [9.17, 15) is 18.0 Å². The lowest BCUT2D eigenvalue weighted by Gasteiger charge is -2.28. The average Bonchev–Trinajstić information content (AvgIpc) is 3.22. The molecule has 40 heavy (non-hydrogen) atoms. The molecule has 0 bridgehead atoms. The van der Waals surface area contributed by atoms with E-state index in [4.69, 9.17) is 4.84 Å². The SMILES string of the molecule is C[C@@H](CCONC(=O)c1ccccc1-c1ccc(C(F)(F)F)cc1)CCC1(P)c2ccccc2-c2ccccc21. The fourth-order valence-electron chi connectivity index (χ4n) is 5.45. The van der Waals surface area contributed by atoms with Crippen molar-refractivity contribution in [3.63, 3.8) is 0 Å². The monoisotopic (exact) mass is 561 g/mol. The Morgan fingerprint density at radius 2 is 1.38 bits per heavy atom. The highest BCUT2D eigenvalue weighted by molar-refractivity contribution is 7.19. The fourth-order valence-corrected chi connectivity index (χ4v) is 6.12. The molecule has 0 spiro atoms. The number of hydroxylamine groups is 1. The molecule has 4 aromatic rings. The molecule has 3 nitrogen and oxygen atoms in total. The predicted molar refractivity (Wildman–Crippen MR) is 156 cm³/mol. The van der Waals surface area contributed by atoms with Crippen LogP contribution < -0.4 is 5.48 Å². The molecule has 1 aliphatic rings. The minimum atomic E-state index is -4.41. The quantitative estimate of drug-likeness (QED) is 0.126. The van der Waals surface area contributed by atoms with Crippen LogP contribution in [0.1, 0.15) is 53.2 Å². The first-order chi connectivity index (χ1) is 19.2. The van der Waals surface area contributed by atoms with Crippen LogP contribution in [0.5, 0.6) is 0 Å². The lowest BCUT2D eigenvalue weighted by molar-refractivity contribution is -0.137. The second kappa shape index (κ2) is 11.6. The van der Waals surface area contributed by atoms with Gasteiger partial charge in [0.1, 0.15) is 0 Å². The molecule has 0 heterocycles. The van der Waals surface area contributed by atoms with Gasteiger partial charge in [-0.05, 0) is 76.8 Å². The van der Waals surface area contributed by atoms with Gasteiger partial charge >= 0.3 is 6.18 Å². The van der Waals surface area contributed by atoms with Crippen LogP contribution in [0.25, 0.3) is 22.3 Å². The number of halogens is 3. The van der Waals surface area contributed by atoms with Crippen molar-refractivity contribution in [3.8, 4) is 22.3 Å². The molecule has 0 aromatic heterocycles. The number of carbonyl (C=O) groups excluding carboxylic acids is 1. The number of fused-ring (bicyclic) bond motifs is 3. The van der Waals surface area contributed by atoms with E-state index in [2.05, 4.69) is 70.2 Å². The van der Waals surface area contributed by atoms with Crippen LogP contribution in [0.3, 0.4) is 0 Å². The summed E-state index contributed by atoms with van der Waals surface area (Å²) in [5.74, 6) is -0.0695. The molecule has 2 atom stereocenters. The number of amides is 1. The molecule has 1 aliphatic carbocycles. The van der Waals surface area contributed by atoms with Gasteiger partial charge in [-0.2, -0.15) is 13.2 Å². The van der Waals surface area contributed by atoms with Crippen molar-refractivity contribution in [2.24, 2.45) is 5.92 Å². The second-order valence-corrected chi connectivity index (χ2v) is 11.4. The maximum absolute atomic E-state index is 12.9. The molecule has 1 N–H and O–H groups in total. The zero-order valence-electron chi connectivity index (χ0n) is 22.2. The number of hydrogen-bond donors (Lipinski definition) is 1. The highest BCUT2D eigenvalue weighted by atomic mass is 31.0. The van der Waals surface area contributed by atoms with Crippen molar-refractivity contribution in [2.45, 2.75) is 37.5 Å². The molecule has 0 fully saturated rings. The molecule has 206 valence electrons. The Balaban J connectivity index is 1.15. The first-order valence-electron chi connectivity index (χ1n) is 13.4. The van der Waals surface area contributed by atoms with E-state index in [0.29, 0.717) is 29.2 Å². The van der Waals surface area contributed by atoms with Gasteiger partial charge in [-0.15, -0.1) is 9.24 Å². The topological polar surface area (TPSA) is 38.3 Å². The molecule has 7 heteroatoms. The summed E-state index contributed by atoms with van der Waals surface area (Å²) in [6.07, 6.45) is -1.69. The van der Waals surface area contributed by atoms with E-state index in [0.717, 1.165) is 31.4 Å². The molecule has 0 aliphatic heterocycles. The van der Waals surface area contributed by atoms with Crippen molar-refractivity contribution in [2.75, 3.05) is 6.61 Å². The van der Waals surface area contributed by atoms with Crippen LogP contribution in [-0.4, -0.2) is 12.5 Å². The summed E-state index contributed by atoms with van der Waals surface area (Å²) in [4.78, 5) is 18.4. The summed E-state index contributed by atoms with van der Waals surface area (Å²) in [5.41, 5.74) is 8.43. The van der Waals surface area contributed by atoms with E-state index in [1.807, 2.05) is 0 Å². The van der Waals surface area contributed by atoms with Crippen molar-refractivity contribution in [1.29, 1.82) is 0 Å². The van der Waals surface area contributed by atoms with E-state index < -0.39 is 17.6 Å². The molecular formula is C33H31F3NO2P. The minimum Gasteiger partial charge on any atom is -0.273 e. The van der Waals surface area contributed by atoms with Gasteiger partial charge in [0.2, 0.25) is 0 Å². The maximum Gasteiger partial charge on any atom is 0.416 e. The Morgan fingerprint density at radius 1 is 0.825 bits per heavy atom. The van der Waals surface area contributed by atoms with Gasteiger partial charge in [-0.1, -0.05) is 85.8 Å². The maximum atomic E-state index is 12.9. The number of carbonyl (C=O) groups is 1. The van der Waals surface area contributed by atoms with E-state index in [-0.39, 0.29) is 5.16 Å². The molecule has 0 saturated carbocycles. The zero-order valence-corrected chi connectivity index (χ0v) is 23.3. The average molecular weight is 562 g/mol. The molecule has 1 unspecified atom stereocenters. The molecular weight excluding hydrogens is 530 g/mol. The van der Waals surface area contributed by atoms with Crippen LogP contribution in [0, 0.1) is 5.92 Å². The van der Waals surface area contributed by atoms with Gasteiger partial charge < -0.3 is 0 Å².